The maximum Gasteiger partial charge on any atom is 0.307 e. The summed E-state index contributed by atoms with van der Waals surface area (Å²) < 4.78 is 32.8. The number of aryl methyl sites for hydroxylation is 1. The molecule has 0 radical (unpaired) electrons. The van der Waals surface area contributed by atoms with Gasteiger partial charge >= 0.3 is 5.97 Å². The van der Waals surface area contributed by atoms with Crippen LogP contribution in [0.2, 0.25) is 0 Å². The number of hydrogen-bond donors (Lipinski definition) is 3. The van der Waals surface area contributed by atoms with Crippen LogP contribution in [-0.4, -0.2) is 56.7 Å². The summed E-state index contributed by atoms with van der Waals surface area (Å²) in [7, 11) is 0. The van der Waals surface area contributed by atoms with E-state index in [2.05, 4.69) is 0 Å². The largest absolute Gasteiger partial charge is 0.481 e. The molecule has 0 saturated heterocycles. The van der Waals surface area contributed by atoms with Gasteiger partial charge in [-0.3, -0.25) is 9.59 Å². The minimum atomic E-state index is -2.25. The molecule has 3 N–H and O–H groups in total. The second-order valence-electron chi connectivity index (χ2n) is 12.1. The van der Waals surface area contributed by atoms with E-state index < -0.39 is 64.2 Å². The summed E-state index contributed by atoms with van der Waals surface area (Å²) in [5, 5.41) is 33.5. The lowest BCUT2D eigenvalue weighted by Gasteiger charge is -2.62. The van der Waals surface area contributed by atoms with Crippen molar-refractivity contribution >= 4 is 11.8 Å². The first kappa shape index (κ1) is 26.2. The topological polar surface area (TPSA) is 98.1 Å². The second kappa shape index (κ2) is 8.82. The van der Waals surface area contributed by atoms with Gasteiger partial charge in [0.15, 0.2) is 11.5 Å². The van der Waals surface area contributed by atoms with Crippen LogP contribution in [0.25, 0.3) is 0 Å². The molecule has 8 heteroatoms. The summed E-state index contributed by atoms with van der Waals surface area (Å²) in [4.78, 5) is 24.6. The number of nitrogens with zero attached hydrogens (tertiary/aromatic N) is 1. The van der Waals surface area contributed by atoms with Crippen molar-refractivity contribution in [3.63, 3.8) is 0 Å². The van der Waals surface area contributed by atoms with Crippen LogP contribution in [0, 0.1) is 41.4 Å². The van der Waals surface area contributed by atoms with E-state index >= 15 is 8.78 Å². The maximum atomic E-state index is 17.3. The number of benzene rings is 1. The average molecular weight is 516 g/mol. The van der Waals surface area contributed by atoms with Gasteiger partial charge in [-0.05, 0) is 73.6 Å². The molecule has 0 amide bonds. The van der Waals surface area contributed by atoms with Gasteiger partial charge in [0.1, 0.15) is 6.17 Å². The van der Waals surface area contributed by atoms with Crippen LogP contribution in [0.3, 0.4) is 0 Å². The minimum Gasteiger partial charge on any atom is -0.481 e. The lowest BCUT2D eigenvalue weighted by atomic mass is 9.45. The van der Waals surface area contributed by atoms with Crippen molar-refractivity contribution < 1.29 is 33.8 Å². The summed E-state index contributed by atoms with van der Waals surface area (Å²) in [6, 6.07) is 7.66. The normalized spacial score (nSPS) is 42.7. The number of carboxylic acid groups (broad SMARTS) is 1. The molecule has 3 fully saturated rings. The Morgan fingerprint density at radius 1 is 1.16 bits per heavy atom. The molecule has 0 bridgehead atoms. The fourth-order valence-electron chi connectivity index (χ4n) is 8.29. The number of carbonyl (C=O) groups is 2. The number of hydroxylamine groups is 2. The summed E-state index contributed by atoms with van der Waals surface area (Å²) in [5.41, 5.74) is -2.73. The lowest BCUT2D eigenvalue weighted by Crippen LogP contribution is -2.68. The predicted molar refractivity (Wildman–Crippen MR) is 132 cm³/mol. The van der Waals surface area contributed by atoms with Crippen molar-refractivity contribution in [1.29, 1.82) is 0 Å². The second-order valence-corrected chi connectivity index (χ2v) is 12.1. The third kappa shape index (κ3) is 3.82. The van der Waals surface area contributed by atoms with Gasteiger partial charge in [-0.25, -0.2) is 8.78 Å². The van der Waals surface area contributed by atoms with Gasteiger partial charge in [-0.1, -0.05) is 42.8 Å². The quantitative estimate of drug-likeness (QED) is 0.502. The Bertz CT molecular complexity index is 1170. The van der Waals surface area contributed by atoms with Gasteiger partial charge in [0.2, 0.25) is 0 Å². The monoisotopic (exact) mass is 515 g/mol. The molecule has 4 aliphatic carbocycles. The van der Waals surface area contributed by atoms with Gasteiger partial charge < -0.3 is 15.4 Å². The molecule has 3 saturated carbocycles. The molecular formula is C29H35F2NO5. The number of carboxylic acids is 1. The highest BCUT2D eigenvalue weighted by molar-refractivity contribution is 6.01. The zero-order valence-electron chi connectivity index (χ0n) is 21.4. The van der Waals surface area contributed by atoms with Crippen molar-refractivity contribution in [3.8, 4) is 0 Å². The number of carbonyl (C=O) groups excluding carboxylic acids is 1. The average Bonchev–Trinajstić information content (AvgIpc) is 3.10. The van der Waals surface area contributed by atoms with E-state index in [0.717, 1.165) is 22.3 Å². The van der Waals surface area contributed by atoms with Crippen LogP contribution in [0.1, 0.15) is 44.2 Å². The Morgan fingerprint density at radius 2 is 1.84 bits per heavy atom. The van der Waals surface area contributed by atoms with Crippen molar-refractivity contribution in [2.45, 2.75) is 64.5 Å². The zero-order chi connectivity index (χ0) is 26.9. The standard InChI is InChI=1S/C29H35F2NO5/c1-16-4-6-17(7-5-16)14-32(37)15-18-10-20-21-12-23(30)22-11-19(33)8-9-28(22,3)29(21,31)24(34)13-27(20,2)25(18)26(35)36/h4-9,11,18,20-21,23-25,34,37H,10,12-15H2,1-3H3,(H,35,36)/t18-,20?,21-,23-,24-,25+,27-,28-,29-/m0/s1. The highest BCUT2D eigenvalue weighted by atomic mass is 19.1. The van der Waals surface area contributed by atoms with Gasteiger partial charge in [-0.15, -0.1) is 0 Å². The summed E-state index contributed by atoms with van der Waals surface area (Å²) in [6.07, 6.45) is 0.641. The van der Waals surface area contributed by atoms with Crippen molar-refractivity contribution in [2.75, 3.05) is 6.54 Å². The minimum absolute atomic E-state index is 0.0466. The summed E-state index contributed by atoms with van der Waals surface area (Å²) in [6.45, 7) is 5.54. The van der Waals surface area contributed by atoms with Gasteiger partial charge in [0.05, 0.1) is 12.0 Å². The highest BCUT2D eigenvalue weighted by Crippen LogP contribution is 2.70. The van der Waals surface area contributed by atoms with E-state index in [-0.39, 0.29) is 31.5 Å². The molecule has 0 aromatic heterocycles. The first-order valence-electron chi connectivity index (χ1n) is 13.0. The van der Waals surface area contributed by atoms with Crippen LogP contribution in [-0.2, 0) is 16.1 Å². The van der Waals surface area contributed by atoms with Gasteiger partial charge in [-0.2, -0.15) is 5.06 Å². The lowest BCUT2D eigenvalue weighted by molar-refractivity contribution is -0.204. The number of hydrogen-bond acceptors (Lipinski definition) is 5. The number of ketones is 1. The van der Waals surface area contributed by atoms with E-state index in [0.29, 0.717) is 6.42 Å². The Labute approximate surface area is 215 Å². The van der Waals surface area contributed by atoms with Crippen LogP contribution >= 0.6 is 0 Å². The number of aliphatic hydroxyl groups excluding tert-OH is 1. The van der Waals surface area contributed by atoms with Crippen molar-refractivity contribution in [3.05, 3.63) is 59.2 Å². The number of rotatable bonds is 5. The fourth-order valence-corrected chi connectivity index (χ4v) is 8.29. The molecule has 1 aromatic rings. The maximum absolute atomic E-state index is 17.3. The van der Waals surface area contributed by atoms with E-state index in [1.165, 1.54) is 19.1 Å². The van der Waals surface area contributed by atoms with E-state index in [1.54, 1.807) is 6.92 Å². The molecule has 5 rings (SSSR count). The molecule has 0 heterocycles. The Kier molecular flexibility index (Phi) is 6.24. The zero-order valence-corrected chi connectivity index (χ0v) is 21.4. The Morgan fingerprint density at radius 3 is 2.49 bits per heavy atom. The molecule has 0 spiro atoms. The summed E-state index contributed by atoms with van der Waals surface area (Å²) in [5.74, 6) is -4.36. The van der Waals surface area contributed by atoms with Gasteiger partial charge in [0.25, 0.3) is 0 Å². The van der Waals surface area contributed by atoms with Crippen LogP contribution in [0.5, 0.6) is 0 Å². The number of fused-ring (bicyclic) bond motifs is 5. The fraction of sp³-hybridized carbons (Fsp3) is 0.586. The number of alkyl halides is 2. The first-order valence-corrected chi connectivity index (χ1v) is 13.0. The molecule has 200 valence electrons. The van der Waals surface area contributed by atoms with E-state index in [4.69, 9.17) is 0 Å². The van der Waals surface area contributed by atoms with Crippen LogP contribution in [0.15, 0.2) is 48.1 Å². The van der Waals surface area contributed by atoms with Crippen LogP contribution in [0.4, 0.5) is 8.78 Å². The first-order chi connectivity index (χ1) is 17.3. The van der Waals surface area contributed by atoms with E-state index in [9.17, 15) is 25.0 Å². The Hall–Kier alpha value is -2.42. The summed E-state index contributed by atoms with van der Waals surface area (Å²) >= 11 is 0. The molecule has 6 nitrogen and oxygen atoms in total. The van der Waals surface area contributed by atoms with Crippen molar-refractivity contribution in [1.82, 2.24) is 5.06 Å². The molecule has 4 aliphatic rings. The SMILES string of the molecule is Cc1ccc(CN(O)C[C@@H]2CC3[C@@H]4C[C@H](F)C5=CC(=O)C=C[C@]5(C)[C@@]4(F)[C@@H](O)C[C@]3(C)[C@H]2C(=O)O)cc1. The molecule has 9 atom stereocenters. The molecular weight excluding hydrogens is 480 g/mol. The molecule has 1 aromatic carbocycles. The highest BCUT2D eigenvalue weighted by Gasteiger charge is 2.73. The number of allylic oxidation sites excluding steroid dienone is 4. The van der Waals surface area contributed by atoms with Crippen LogP contribution < -0.4 is 0 Å². The van der Waals surface area contributed by atoms with Gasteiger partial charge in [0, 0.05) is 24.4 Å². The van der Waals surface area contributed by atoms with E-state index in [1.807, 2.05) is 31.2 Å². The van der Waals surface area contributed by atoms with Crippen molar-refractivity contribution in [2.24, 2.45) is 34.5 Å². The number of aliphatic hydroxyl groups is 1. The molecule has 37 heavy (non-hydrogen) atoms. The Balaban J connectivity index is 1.47. The molecule has 0 aliphatic heterocycles. The third-order valence-corrected chi connectivity index (χ3v) is 10.00. The predicted octanol–water partition coefficient (Wildman–Crippen LogP) is 4.43. The smallest absolute Gasteiger partial charge is 0.307 e. The number of aliphatic carboxylic acids is 1. The third-order valence-electron chi connectivity index (χ3n) is 10.00. The number of halogens is 2. The molecule has 1 unspecified atom stereocenters.